The molecule has 0 aliphatic carbocycles. The Morgan fingerprint density at radius 1 is 1.29 bits per heavy atom. The lowest BCUT2D eigenvalue weighted by Crippen LogP contribution is -2.42. The lowest BCUT2D eigenvalue weighted by Gasteiger charge is -2.41. The van der Waals surface area contributed by atoms with E-state index in [2.05, 4.69) is 47.1 Å². The van der Waals surface area contributed by atoms with Gasteiger partial charge in [0.2, 0.25) is 0 Å². The Hall–Kier alpha value is -2.35. The maximum Gasteiger partial charge on any atom is 0.129 e. The minimum Gasteiger partial charge on any atom is -0.383 e. The predicted molar refractivity (Wildman–Crippen MR) is 105 cm³/mol. The van der Waals surface area contributed by atoms with Gasteiger partial charge in [-0.25, -0.2) is 4.63 Å². The van der Waals surface area contributed by atoms with Crippen molar-refractivity contribution in [3.05, 3.63) is 35.0 Å². The molecule has 0 spiro atoms. The van der Waals surface area contributed by atoms with Crippen LogP contribution in [0.25, 0.3) is 5.70 Å². The van der Waals surface area contributed by atoms with E-state index in [9.17, 15) is 0 Å². The maximum atomic E-state index is 5.49. The van der Waals surface area contributed by atoms with Crippen molar-refractivity contribution in [2.24, 2.45) is 0 Å². The zero-order valence-electron chi connectivity index (χ0n) is 17.5. The van der Waals surface area contributed by atoms with Gasteiger partial charge in [0.05, 0.1) is 43.3 Å². The molecule has 8 heteroatoms. The Morgan fingerprint density at radius 3 is 2.79 bits per heavy atom. The van der Waals surface area contributed by atoms with Crippen LogP contribution in [0.4, 0.5) is 0 Å². The topological polar surface area (TPSA) is 72.5 Å². The Labute approximate surface area is 166 Å². The number of rotatable bonds is 5. The molecule has 0 N–H and O–H groups in total. The number of hydrogen-bond donors (Lipinski definition) is 0. The van der Waals surface area contributed by atoms with Crippen LogP contribution in [0.1, 0.15) is 56.3 Å². The van der Waals surface area contributed by atoms with Crippen LogP contribution in [-0.2, 0) is 17.8 Å². The molecule has 0 aromatic carbocycles. The Balaban J connectivity index is 1.72. The highest BCUT2D eigenvalue weighted by Crippen LogP contribution is 2.36. The largest absolute Gasteiger partial charge is 0.383 e. The van der Waals surface area contributed by atoms with Gasteiger partial charge in [-0.2, -0.15) is 5.10 Å². The number of methoxy groups -OCH3 is 1. The van der Waals surface area contributed by atoms with Gasteiger partial charge in [0, 0.05) is 31.0 Å². The minimum absolute atomic E-state index is 0.0138. The first-order chi connectivity index (χ1) is 13.4. The SMILES string of the molecule is COC[C@H]1CCCN1C1=CN(C(C)(C)C)Cc2c1cnn2Cc1nonc1C. The van der Waals surface area contributed by atoms with Crippen LogP contribution in [-0.4, -0.2) is 61.7 Å². The molecular weight excluding hydrogens is 356 g/mol. The fraction of sp³-hybridized carbons (Fsp3) is 0.650. The minimum atomic E-state index is 0.0138. The quantitative estimate of drug-likeness (QED) is 0.782. The smallest absolute Gasteiger partial charge is 0.129 e. The molecule has 2 aromatic heterocycles. The number of likely N-dealkylation sites (tertiary alicyclic amines) is 1. The third kappa shape index (κ3) is 3.41. The normalized spacial score (nSPS) is 19.9. The molecular formula is C20H30N6O2. The highest BCUT2D eigenvalue weighted by molar-refractivity contribution is 5.67. The van der Waals surface area contributed by atoms with Gasteiger partial charge in [0.1, 0.15) is 11.4 Å². The molecule has 0 amide bonds. The first-order valence-corrected chi connectivity index (χ1v) is 9.95. The van der Waals surface area contributed by atoms with Crippen LogP contribution in [0.3, 0.4) is 0 Å². The van der Waals surface area contributed by atoms with E-state index < -0.39 is 0 Å². The molecule has 0 bridgehead atoms. The lowest BCUT2D eigenvalue weighted by atomic mass is 10.0. The maximum absolute atomic E-state index is 5.49. The fourth-order valence-corrected chi connectivity index (χ4v) is 4.06. The highest BCUT2D eigenvalue weighted by atomic mass is 16.6. The molecule has 0 unspecified atom stereocenters. The molecule has 0 radical (unpaired) electrons. The zero-order valence-corrected chi connectivity index (χ0v) is 17.5. The summed E-state index contributed by atoms with van der Waals surface area (Å²) in [5.41, 5.74) is 5.30. The van der Waals surface area contributed by atoms with E-state index in [4.69, 9.17) is 14.5 Å². The standard InChI is InChI=1S/C20H30N6O2/c1-14-17(23-28-22-14)10-26-19-12-24(20(2,3)4)11-18(16(19)9-21-26)25-8-6-7-15(25)13-27-5/h9,11,15H,6-8,10,12-13H2,1-5H3/t15-/m1/s1. The van der Waals surface area contributed by atoms with Gasteiger partial charge in [-0.3, -0.25) is 4.68 Å². The molecule has 28 heavy (non-hydrogen) atoms. The monoisotopic (exact) mass is 386 g/mol. The van der Waals surface area contributed by atoms with Crippen molar-refractivity contribution in [3.8, 4) is 0 Å². The average Bonchev–Trinajstić information content (AvgIpc) is 3.36. The second-order valence-corrected chi connectivity index (χ2v) is 8.72. The van der Waals surface area contributed by atoms with Gasteiger partial charge < -0.3 is 14.5 Å². The number of ether oxygens (including phenoxy) is 1. The number of nitrogens with zero attached hydrogens (tertiary/aromatic N) is 6. The third-order valence-electron chi connectivity index (χ3n) is 5.78. The molecule has 8 nitrogen and oxygen atoms in total. The molecule has 1 saturated heterocycles. The summed E-state index contributed by atoms with van der Waals surface area (Å²) in [6.45, 7) is 11.8. The summed E-state index contributed by atoms with van der Waals surface area (Å²) in [5, 5.41) is 12.6. The van der Waals surface area contributed by atoms with Crippen molar-refractivity contribution < 1.29 is 9.37 Å². The number of hydrogen-bond acceptors (Lipinski definition) is 7. The molecule has 152 valence electrons. The van der Waals surface area contributed by atoms with Crippen molar-refractivity contribution >= 4 is 5.70 Å². The van der Waals surface area contributed by atoms with Crippen LogP contribution in [0, 0.1) is 6.92 Å². The van der Waals surface area contributed by atoms with E-state index in [0.29, 0.717) is 12.6 Å². The summed E-state index contributed by atoms with van der Waals surface area (Å²) in [5.74, 6) is 0. The predicted octanol–water partition coefficient (Wildman–Crippen LogP) is 2.65. The van der Waals surface area contributed by atoms with Crippen LogP contribution < -0.4 is 0 Å². The number of aryl methyl sites for hydroxylation is 1. The van der Waals surface area contributed by atoms with Crippen LogP contribution in [0.2, 0.25) is 0 Å². The van der Waals surface area contributed by atoms with Crippen LogP contribution >= 0.6 is 0 Å². The molecule has 0 saturated carbocycles. The molecule has 1 fully saturated rings. The first kappa shape index (κ1) is 19.0. The van der Waals surface area contributed by atoms with Crippen LogP contribution in [0.5, 0.6) is 0 Å². The Morgan fingerprint density at radius 2 is 2.11 bits per heavy atom. The summed E-state index contributed by atoms with van der Waals surface area (Å²) in [6.07, 6.45) is 6.65. The van der Waals surface area contributed by atoms with Gasteiger partial charge >= 0.3 is 0 Å². The van der Waals surface area contributed by atoms with Crippen molar-refractivity contribution in [3.63, 3.8) is 0 Å². The van der Waals surface area contributed by atoms with Crippen molar-refractivity contribution in [2.45, 2.75) is 65.2 Å². The van der Waals surface area contributed by atoms with Gasteiger partial charge in [0.25, 0.3) is 0 Å². The van der Waals surface area contributed by atoms with Gasteiger partial charge in [-0.1, -0.05) is 10.3 Å². The summed E-state index contributed by atoms with van der Waals surface area (Å²) in [4.78, 5) is 4.90. The van der Waals surface area contributed by atoms with Crippen molar-refractivity contribution in [1.29, 1.82) is 0 Å². The van der Waals surface area contributed by atoms with Crippen molar-refractivity contribution in [2.75, 3.05) is 20.3 Å². The summed E-state index contributed by atoms with van der Waals surface area (Å²) in [6, 6.07) is 0.411. The Kier molecular flexibility index (Phi) is 4.91. The van der Waals surface area contributed by atoms with Crippen molar-refractivity contribution in [1.82, 2.24) is 29.9 Å². The van der Waals surface area contributed by atoms with E-state index in [1.165, 1.54) is 23.4 Å². The molecule has 2 aromatic rings. The van der Waals surface area contributed by atoms with E-state index in [0.717, 1.165) is 37.5 Å². The highest BCUT2D eigenvalue weighted by Gasteiger charge is 2.34. The molecule has 1 atom stereocenters. The average molecular weight is 387 g/mol. The van der Waals surface area contributed by atoms with E-state index >= 15 is 0 Å². The number of aromatic nitrogens is 4. The van der Waals surface area contributed by atoms with E-state index in [1.54, 1.807) is 7.11 Å². The van der Waals surface area contributed by atoms with Gasteiger partial charge in [0.15, 0.2) is 0 Å². The second kappa shape index (κ2) is 7.24. The van der Waals surface area contributed by atoms with Gasteiger partial charge in [-0.15, -0.1) is 0 Å². The fourth-order valence-electron chi connectivity index (χ4n) is 4.06. The molecule has 2 aliphatic heterocycles. The zero-order chi connectivity index (χ0) is 19.9. The Bertz CT molecular complexity index is 862. The summed E-state index contributed by atoms with van der Waals surface area (Å²) in [7, 11) is 1.78. The first-order valence-electron chi connectivity index (χ1n) is 9.95. The molecule has 4 rings (SSSR count). The summed E-state index contributed by atoms with van der Waals surface area (Å²) >= 11 is 0. The van der Waals surface area contributed by atoms with E-state index in [-0.39, 0.29) is 5.54 Å². The van der Waals surface area contributed by atoms with Gasteiger partial charge in [-0.05, 0) is 40.5 Å². The second-order valence-electron chi connectivity index (χ2n) is 8.72. The number of fused-ring (bicyclic) bond motifs is 1. The lowest BCUT2D eigenvalue weighted by molar-refractivity contribution is 0.138. The third-order valence-corrected chi connectivity index (χ3v) is 5.78. The van der Waals surface area contributed by atoms with E-state index in [1.807, 2.05) is 17.8 Å². The van der Waals surface area contributed by atoms with Crippen LogP contribution in [0.15, 0.2) is 17.0 Å². The summed E-state index contributed by atoms with van der Waals surface area (Å²) < 4.78 is 12.4. The molecule has 2 aliphatic rings. The molecule has 4 heterocycles.